The van der Waals surface area contributed by atoms with E-state index in [0.717, 1.165) is 9.54 Å². The molecule has 0 amide bonds. The quantitative estimate of drug-likeness (QED) is 0.467. The summed E-state index contributed by atoms with van der Waals surface area (Å²) in [4.78, 5) is 3.21. The smallest absolute Gasteiger partial charge is 1.00 e. The predicted octanol–water partition coefficient (Wildman–Crippen LogP) is -0.0529. The van der Waals surface area contributed by atoms with E-state index in [1.54, 1.807) is 39.7 Å². The van der Waals surface area contributed by atoms with E-state index in [2.05, 4.69) is 69.4 Å². The Bertz CT molecular complexity index is 836. The van der Waals surface area contributed by atoms with Gasteiger partial charge < -0.3 is 24.8 Å². The average Bonchev–Trinajstić information content (AvgIpc) is 3.10. The van der Waals surface area contributed by atoms with E-state index in [4.69, 9.17) is 0 Å². The standard InChI is InChI=1S/C10H12SSi.C10H9.2ClH.Zr/c1-6-10-9-7(11-6)4-5-8(9)12(10,2)3;1-8-6-9-4-2-3-5-10(9)7-8;;;/h4-5,9H,1-3H3;2-7H,1H3;2*1H;/q;;;;+2/p-2. The van der Waals surface area contributed by atoms with Crippen LogP contribution in [0, 0.1) is 5.92 Å². The second kappa shape index (κ2) is 7.68. The maximum atomic E-state index is 2.48. The van der Waals surface area contributed by atoms with Crippen molar-refractivity contribution in [3.8, 4) is 0 Å². The van der Waals surface area contributed by atoms with Gasteiger partial charge in [-0.15, -0.1) is 0 Å². The van der Waals surface area contributed by atoms with Crippen LogP contribution < -0.4 is 24.8 Å². The van der Waals surface area contributed by atoms with Crippen LogP contribution in [0.2, 0.25) is 13.1 Å². The van der Waals surface area contributed by atoms with E-state index in [-0.39, 0.29) is 24.8 Å². The number of allylic oxidation sites excluding steroid dienone is 7. The van der Waals surface area contributed by atoms with E-state index in [1.165, 1.54) is 16.7 Å². The van der Waals surface area contributed by atoms with E-state index >= 15 is 0 Å². The fourth-order valence-electron chi connectivity index (χ4n) is 4.27. The summed E-state index contributed by atoms with van der Waals surface area (Å²) in [7, 11) is -1.06. The molecule has 4 aliphatic rings. The Hall–Kier alpha value is 0.210. The summed E-state index contributed by atoms with van der Waals surface area (Å²) in [6.45, 7) is 9.48. The molecule has 0 spiro atoms. The molecule has 25 heavy (non-hydrogen) atoms. The van der Waals surface area contributed by atoms with Crippen LogP contribution in [-0.2, 0) is 24.7 Å². The number of benzene rings is 1. The number of thioether (sulfide) groups is 1. The molecule has 0 N–H and O–H groups in total. The maximum Gasteiger partial charge on any atom is -1.00 e. The molecule has 2 heterocycles. The van der Waals surface area contributed by atoms with E-state index in [1.807, 2.05) is 17.0 Å². The van der Waals surface area contributed by atoms with Crippen LogP contribution in [0.25, 0.3) is 6.08 Å². The molecule has 1 fully saturated rings. The van der Waals surface area contributed by atoms with Crippen molar-refractivity contribution in [2.75, 3.05) is 0 Å². The summed E-state index contributed by atoms with van der Waals surface area (Å²) in [5.41, 5.74) is 4.46. The first kappa shape index (κ1) is 21.5. The van der Waals surface area contributed by atoms with Crippen molar-refractivity contribution in [1.29, 1.82) is 0 Å². The number of rotatable bonds is 0. The van der Waals surface area contributed by atoms with Crippen LogP contribution in [0.1, 0.15) is 28.6 Å². The molecule has 5 heteroatoms. The molecule has 0 nitrogen and oxygen atoms in total. The monoisotopic (exact) mass is 481 g/mol. The van der Waals surface area contributed by atoms with Crippen LogP contribution in [-0.4, -0.2) is 8.07 Å². The molecule has 5 rings (SSSR count). The van der Waals surface area contributed by atoms with Crippen molar-refractivity contribution in [3.05, 3.63) is 73.3 Å². The van der Waals surface area contributed by atoms with Crippen molar-refractivity contribution >= 4 is 25.9 Å². The van der Waals surface area contributed by atoms with Gasteiger partial charge in [0, 0.05) is 5.92 Å². The maximum absolute atomic E-state index is 2.48. The fourth-order valence-corrected chi connectivity index (χ4v) is 10.8. The number of hydrogen-bond donors (Lipinski definition) is 0. The summed E-state index contributed by atoms with van der Waals surface area (Å²) in [6, 6.07) is 8.67. The number of fused-ring (bicyclic) bond motifs is 1. The summed E-state index contributed by atoms with van der Waals surface area (Å²) < 4.78 is 0.721. The van der Waals surface area contributed by atoms with Gasteiger partial charge in [-0.1, -0.05) is 47.4 Å². The minimum atomic E-state index is -1.06. The summed E-state index contributed by atoms with van der Waals surface area (Å²) in [6.07, 6.45) is 7.02. The van der Waals surface area contributed by atoms with Crippen LogP contribution in [0.3, 0.4) is 0 Å². The topological polar surface area (TPSA) is 0 Å². The zero-order chi connectivity index (χ0) is 16.4. The van der Waals surface area contributed by atoms with Crippen LogP contribution >= 0.6 is 11.8 Å². The second-order valence-electron chi connectivity index (χ2n) is 7.27. The largest absolute Gasteiger partial charge is 1.00 e. The normalized spacial score (nSPS) is 25.9. The Labute approximate surface area is 184 Å². The summed E-state index contributed by atoms with van der Waals surface area (Å²) >= 11 is 3.61. The first-order valence-electron chi connectivity index (χ1n) is 8.21. The number of hydrogen-bond acceptors (Lipinski definition) is 1. The molecule has 129 valence electrons. The van der Waals surface area contributed by atoms with Gasteiger partial charge in [-0.3, -0.25) is 0 Å². The Kier molecular flexibility index (Phi) is 6.61. The van der Waals surface area contributed by atoms with Crippen molar-refractivity contribution in [3.63, 3.8) is 0 Å². The van der Waals surface area contributed by atoms with E-state index in [0.29, 0.717) is 0 Å². The van der Waals surface area contributed by atoms with Gasteiger partial charge in [-0.2, -0.15) is 0 Å². The third-order valence-corrected chi connectivity index (χ3v) is 12.6. The van der Waals surface area contributed by atoms with Crippen LogP contribution in [0.15, 0.2) is 62.2 Å². The molecular formula is C20H21Cl2SSiZr. The molecule has 0 saturated carbocycles. The second-order valence-corrected chi connectivity index (χ2v) is 14.3. The first-order chi connectivity index (χ1) is 10.9. The average molecular weight is 484 g/mol. The van der Waals surface area contributed by atoms with Gasteiger partial charge in [0.25, 0.3) is 0 Å². The molecule has 0 aromatic heterocycles. The van der Waals surface area contributed by atoms with Crippen molar-refractivity contribution < 1.29 is 49.5 Å². The summed E-state index contributed by atoms with van der Waals surface area (Å²) in [5, 5.41) is 3.60. The van der Waals surface area contributed by atoms with E-state index in [9.17, 15) is 0 Å². The Balaban J connectivity index is 0.000000168. The van der Waals surface area contributed by atoms with Gasteiger partial charge in [0.05, 0.1) is 0 Å². The molecule has 1 aromatic rings. The fraction of sp³-hybridized carbons (Fsp3) is 0.300. The predicted molar refractivity (Wildman–Crippen MR) is 100 cm³/mol. The first-order valence-corrected chi connectivity index (χ1v) is 13.4. The molecule has 2 unspecified atom stereocenters. The van der Waals surface area contributed by atoms with Crippen molar-refractivity contribution in [1.82, 2.24) is 0 Å². The molecule has 1 aromatic carbocycles. The van der Waals surface area contributed by atoms with Crippen molar-refractivity contribution in [2.45, 2.75) is 30.6 Å². The Morgan fingerprint density at radius 2 is 1.72 bits per heavy atom. The zero-order valence-electron chi connectivity index (χ0n) is 14.9. The van der Waals surface area contributed by atoms with Gasteiger partial charge >= 0.3 is 82.3 Å². The minimum Gasteiger partial charge on any atom is -1.00 e. The van der Waals surface area contributed by atoms with E-state index < -0.39 is 8.07 Å². The SMILES string of the molecule is CC1=C2C3C(=CC=C3[Si]2(C)C)S1.CC1=Cc2ccccc2[CH]1[Zr+2].[Cl-].[Cl-]. The summed E-state index contributed by atoms with van der Waals surface area (Å²) in [5.74, 6) is 0.789. The third-order valence-electron chi connectivity index (χ3n) is 5.50. The molecule has 2 aliphatic carbocycles. The zero-order valence-corrected chi connectivity index (χ0v) is 20.6. The molecule has 1 saturated heterocycles. The van der Waals surface area contributed by atoms with Gasteiger partial charge in [0.2, 0.25) is 0 Å². The van der Waals surface area contributed by atoms with Crippen LogP contribution in [0.5, 0.6) is 0 Å². The van der Waals surface area contributed by atoms with Gasteiger partial charge in [-0.25, -0.2) is 0 Å². The van der Waals surface area contributed by atoms with Gasteiger partial charge in [0.15, 0.2) is 0 Å². The van der Waals surface area contributed by atoms with Gasteiger partial charge in [0.1, 0.15) is 8.07 Å². The molecule has 2 atom stereocenters. The van der Waals surface area contributed by atoms with Crippen LogP contribution in [0.4, 0.5) is 0 Å². The Morgan fingerprint density at radius 1 is 1.04 bits per heavy atom. The van der Waals surface area contributed by atoms with Crippen molar-refractivity contribution in [2.24, 2.45) is 5.92 Å². The molecule has 0 radical (unpaired) electrons. The number of halogens is 2. The minimum absolute atomic E-state index is 0. The molecule has 2 aliphatic heterocycles. The Morgan fingerprint density at radius 3 is 2.40 bits per heavy atom. The van der Waals surface area contributed by atoms with Gasteiger partial charge in [-0.05, 0) is 16.7 Å². The molecular weight excluding hydrogens is 463 g/mol. The third kappa shape index (κ3) is 3.29. The molecule has 0 bridgehead atoms.